The van der Waals surface area contributed by atoms with Gasteiger partial charge in [0, 0.05) is 33.4 Å². The molecule has 0 saturated heterocycles. The summed E-state index contributed by atoms with van der Waals surface area (Å²) < 4.78 is 22.8. The first-order valence-corrected chi connectivity index (χ1v) is 13.6. The molecule has 5 aromatic carbocycles. The third-order valence-electron chi connectivity index (χ3n) is 6.42. The first-order valence-electron chi connectivity index (χ1n) is 11.5. The molecule has 7 heteroatoms. The summed E-state index contributed by atoms with van der Waals surface area (Å²) in [4.78, 5) is 13.7. The summed E-state index contributed by atoms with van der Waals surface area (Å²) in [6.07, 6.45) is 1.80. The zero-order valence-corrected chi connectivity index (χ0v) is 22.8. The predicted molar refractivity (Wildman–Crippen MR) is 155 cm³/mol. The largest absolute Gasteiger partial charge is 0.497 e. The third-order valence-corrected chi connectivity index (χ3v) is 8.31. The van der Waals surface area contributed by atoms with Crippen molar-refractivity contribution in [2.45, 2.75) is 4.90 Å². The van der Waals surface area contributed by atoms with E-state index in [1.807, 2.05) is 42.5 Å². The van der Waals surface area contributed by atoms with Crippen molar-refractivity contribution in [3.05, 3.63) is 66.7 Å². The van der Waals surface area contributed by atoms with Gasteiger partial charge in [-0.05, 0) is 75.5 Å². The topological polar surface area (TPSA) is 54.0 Å². The Kier molecular flexibility index (Phi) is 7.09. The molecule has 0 aliphatic rings. The Labute approximate surface area is 224 Å². The van der Waals surface area contributed by atoms with E-state index in [0.717, 1.165) is 48.3 Å². The van der Waals surface area contributed by atoms with E-state index in [9.17, 15) is 4.79 Å². The number of carbonyl (C=O) groups excluding carboxylic acids is 1. The average molecular weight is 531 g/mol. The van der Waals surface area contributed by atoms with Gasteiger partial charge in [-0.3, -0.25) is 4.79 Å². The lowest BCUT2D eigenvalue weighted by Gasteiger charge is -2.20. The fourth-order valence-electron chi connectivity index (χ4n) is 4.71. The van der Waals surface area contributed by atoms with E-state index in [1.54, 1.807) is 34.7 Å². The molecule has 0 bridgehead atoms. The van der Waals surface area contributed by atoms with E-state index in [1.165, 1.54) is 23.5 Å². The summed E-state index contributed by atoms with van der Waals surface area (Å²) in [6, 6.07) is 22.3. The minimum atomic E-state index is 0.00773. The number of hydrogen-bond acceptors (Lipinski definition) is 7. The van der Waals surface area contributed by atoms with Crippen LogP contribution in [0.1, 0.15) is 0 Å². The molecule has 0 unspecified atom stereocenters. The van der Waals surface area contributed by atoms with Gasteiger partial charge in [0.05, 0.1) is 28.4 Å². The fraction of sp³-hybridized carbons (Fsp3) is 0.167. The lowest BCUT2D eigenvalue weighted by molar-refractivity contribution is 0.276. The Bertz CT molecular complexity index is 1640. The molecular formula is C30H26O5S2. The Morgan fingerprint density at radius 2 is 1.27 bits per heavy atom. The van der Waals surface area contributed by atoms with Gasteiger partial charge in [0.25, 0.3) is 4.45 Å². The quantitative estimate of drug-likeness (QED) is 0.161. The molecule has 0 N–H and O–H groups in total. The second-order valence-corrected chi connectivity index (χ2v) is 10.4. The molecule has 0 amide bonds. The molecule has 0 aromatic heterocycles. The van der Waals surface area contributed by atoms with E-state index in [-0.39, 0.29) is 4.45 Å². The third kappa shape index (κ3) is 4.54. The Hall–Kier alpha value is -3.55. The van der Waals surface area contributed by atoms with Gasteiger partial charge in [-0.15, -0.1) is 0 Å². The molecule has 5 rings (SSSR count). The number of thioether (sulfide) groups is 2. The van der Waals surface area contributed by atoms with Crippen LogP contribution in [0.5, 0.6) is 23.0 Å². The van der Waals surface area contributed by atoms with E-state index >= 15 is 0 Å². The number of methoxy groups -OCH3 is 4. The highest BCUT2D eigenvalue weighted by Gasteiger charge is 2.23. The number of benzene rings is 5. The van der Waals surface area contributed by atoms with Crippen LogP contribution < -0.4 is 18.9 Å². The van der Waals surface area contributed by atoms with Crippen molar-refractivity contribution in [3.8, 4) is 34.1 Å². The van der Waals surface area contributed by atoms with Crippen LogP contribution >= 0.6 is 23.5 Å². The van der Waals surface area contributed by atoms with Crippen LogP contribution in [0, 0.1) is 0 Å². The molecule has 37 heavy (non-hydrogen) atoms. The number of carbonyl (C=O) groups is 1. The highest BCUT2D eigenvalue weighted by molar-refractivity contribution is 8.38. The minimum absolute atomic E-state index is 0.00773. The van der Waals surface area contributed by atoms with Gasteiger partial charge in [-0.25, -0.2) is 0 Å². The van der Waals surface area contributed by atoms with Gasteiger partial charge in [-0.1, -0.05) is 36.0 Å². The van der Waals surface area contributed by atoms with Crippen LogP contribution in [0.4, 0.5) is 4.79 Å². The number of rotatable bonds is 6. The summed E-state index contributed by atoms with van der Waals surface area (Å²) in [5.74, 6) is 2.66. The molecule has 0 spiro atoms. The summed E-state index contributed by atoms with van der Waals surface area (Å²) in [5, 5.41) is 5.94. The van der Waals surface area contributed by atoms with Crippen LogP contribution in [0.25, 0.3) is 43.4 Å². The van der Waals surface area contributed by atoms with Crippen LogP contribution in [-0.4, -0.2) is 39.1 Å². The number of fused-ring (bicyclic) bond motifs is 3. The van der Waals surface area contributed by atoms with Crippen molar-refractivity contribution in [2.75, 3.05) is 34.7 Å². The number of ether oxygens (including phenoxy) is 4. The SMILES string of the molecule is COc1cc(OC)cc(-c2c3cc4ccccc4cc3c(SC(=O)SC)c3cc(OC)cc(OC)c23)c1. The standard InChI is InChI=1S/C30H26O5S2/c1-32-20-10-19(11-21(14-20)33-2)27-23-12-17-8-6-7-9-18(17)13-24(23)29(37-30(31)36-5)25-15-22(34-3)16-26(35-4)28(25)27/h6-16H,1-5H3. The monoisotopic (exact) mass is 530 g/mol. The summed E-state index contributed by atoms with van der Waals surface area (Å²) in [7, 11) is 6.56. The van der Waals surface area contributed by atoms with Gasteiger partial charge < -0.3 is 18.9 Å². The lowest BCUT2D eigenvalue weighted by atomic mass is 9.89. The van der Waals surface area contributed by atoms with Gasteiger partial charge in [0.15, 0.2) is 0 Å². The smallest absolute Gasteiger partial charge is 0.250 e. The van der Waals surface area contributed by atoms with Crippen LogP contribution in [0.3, 0.4) is 0 Å². The molecule has 0 saturated carbocycles. The lowest BCUT2D eigenvalue weighted by Crippen LogP contribution is -1.97. The zero-order chi connectivity index (χ0) is 26.1. The van der Waals surface area contributed by atoms with Gasteiger partial charge in [0.1, 0.15) is 23.0 Å². The van der Waals surface area contributed by atoms with Crippen LogP contribution in [-0.2, 0) is 0 Å². The second kappa shape index (κ2) is 10.4. The molecule has 0 aliphatic heterocycles. The Balaban J connectivity index is 2.06. The first kappa shape index (κ1) is 25.1. The Morgan fingerprint density at radius 1 is 0.676 bits per heavy atom. The van der Waals surface area contributed by atoms with E-state index in [4.69, 9.17) is 18.9 Å². The van der Waals surface area contributed by atoms with Crippen molar-refractivity contribution in [2.24, 2.45) is 0 Å². The zero-order valence-electron chi connectivity index (χ0n) is 21.2. The highest BCUT2D eigenvalue weighted by Crippen LogP contribution is 2.50. The molecule has 5 aromatic rings. The number of hydrogen-bond donors (Lipinski definition) is 0. The molecule has 0 aliphatic carbocycles. The summed E-state index contributed by atoms with van der Waals surface area (Å²) >= 11 is 2.43. The minimum Gasteiger partial charge on any atom is -0.497 e. The average Bonchev–Trinajstić information content (AvgIpc) is 2.95. The first-order chi connectivity index (χ1) is 18.0. The van der Waals surface area contributed by atoms with Crippen LogP contribution in [0.2, 0.25) is 0 Å². The van der Waals surface area contributed by atoms with Gasteiger partial charge in [-0.2, -0.15) is 0 Å². The highest BCUT2D eigenvalue weighted by atomic mass is 32.2. The maximum Gasteiger partial charge on any atom is 0.250 e. The fourth-order valence-corrected chi connectivity index (χ4v) is 6.01. The van der Waals surface area contributed by atoms with Gasteiger partial charge in [0.2, 0.25) is 0 Å². The Morgan fingerprint density at radius 3 is 1.84 bits per heavy atom. The van der Waals surface area contributed by atoms with Gasteiger partial charge >= 0.3 is 0 Å². The molecule has 0 heterocycles. The maximum absolute atomic E-state index is 12.8. The molecular weight excluding hydrogens is 504 g/mol. The summed E-state index contributed by atoms with van der Waals surface area (Å²) in [6.45, 7) is 0. The van der Waals surface area contributed by atoms with Crippen molar-refractivity contribution in [1.29, 1.82) is 0 Å². The van der Waals surface area contributed by atoms with Crippen LogP contribution in [0.15, 0.2) is 71.6 Å². The molecule has 188 valence electrons. The molecule has 5 nitrogen and oxygen atoms in total. The summed E-state index contributed by atoms with van der Waals surface area (Å²) in [5.41, 5.74) is 1.88. The van der Waals surface area contributed by atoms with E-state index in [2.05, 4.69) is 24.3 Å². The molecule has 0 atom stereocenters. The van der Waals surface area contributed by atoms with E-state index in [0.29, 0.717) is 23.0 Å². The predicted octanol–water partition coefficient (Wildman–Crippen LogP) is 8.42. The van der Waals surface area contributed by atoms with Crippen molar-refractivity contribution < 1.29 is 23.7 Å². The second-order valence-electron chi connectivity index (χ2n) is 8.36. The van der Waals surface area contributed by atoms with Crippen molar-refractivity contribution in [3.63, 3.8) is 0 Å². The van der Waals surface area contributed by atoms with Crippen molar-refractivity contribution >= 4 is 60.3 Å². The molecule has 0 radical (unpaired) electrons. The maximum atomic E-state index is 12.8. The van der Waals surface area contributed by atoms with E-state index < -0.39 is 0 Å². The van der Waals surface area contributed by atoms with Crippen molar-refractivity contribution in [1.82, 2.24) is 0 Å². The molecule has 0 fully saturated rings. The normalized spacial score (nSPS) is 11.2.